The summed E-state index contributed by atoms with van der Waals surface area (Å²) in [5.74, 6) is -9.29. The molecule has 0 radical (unpaired) electrons. The van der Waals surface area contributed by atoms with E-state index in [1.54, 1.807) is 6.07 Å². The lowest BCUT2D eigenvalue weighted by Gasteiger charge is -2.17. The molecule has 0 bridgehead atoms. The molecular formula is C32H21Cl2F4N3O7. The number of aliphatic carboxylic acids is 1. The van der Waals surface area contributed by atoms with Crippen LogP contribution in [0, 0.1) is 23.3 Å². The molecule has 0 unspecified atom stereocenters. The van der Waals surface area contributed by atoms with Crippen molar-refractivity contribution >= 4 is 52.9 Å². The van der Waals surface area contributed by atoms with Crippen LogP contribution in [0.15, 0.2) is 72.8 Å². The summed E-state index contributed by atoms with van der Waals surface area (Å²) in [6, 6.07) is 10.6. The molecule has 0 spiro atoms. The van der Waals surface area contributed by atoms with Crippen LogP contribution in [0.1, 0.15) is 47.0 Å². The Hall–Kier alpha value is -5.47. The van der Waals surface area contributed by atoms with Gasteiger partial charge in [0.2, 0.25) is 0 Å². The largest absolute Gasteiger partial charge is 0.480 e. The van der Waals surface area contributed by atoms with Crippen molar-refractivity contribution in [1.29, 1.82) is 0 Å². The monoisotopic (exact) mass is 705 g/mol. The van der Waals surface area contributed by atoms with Gasteiger partial charge in [0.1, 0.15) is 35.1 Å². The average molecular weight is 706 g/mol. The lowest BCUT2D eigenvalue weighted by atomic mass is 10.1. The Morgan fingerprint density at radius 1 is 0.688 bits per heavy atom. The van der Waals surface area contributed by atoms with E-state index in [4.69, 9.17) is 27.9 Å². The number of amides is 3. The first-order valence-electron chi connectivity index (χ1n) is 13.5. The number of hydrogen-bond donors (Lipinski definition) is 4. The van der Waals surface area contributed by atoms with E-state index in [0.717, 1.165) is 36.4 Å². The first-order valence-corrected chi connectivity index (χ1v) is 14.3. The van der Waals surface area contributed by atoms with Crippen molar-refractivity contribution in [2.75, 3.05) is 6.54 Å². The van der Waals surface area contributed by atoms with E-state index < -0.39 is 71.1 Å². The number of nitrogens with one attached hydrogen (secondary N) is 3. The van der Waals surface area contributed by atoms with Gasteiger partial charge in [0.05, 0.1) is 21.2 Å². The fraction of sp³-hybridized carbons (Fsp3) is 0.0938. The van der Waals surface area contributed by atoms with Crippen LogP contribution in [0.2, 0.25) is 10.0 Å². The normalized spacial score (nSPS) is 11.3. The lowest BCUT2D eigenvalue weighted by Crippen LogP contribution is -2.48. The van der Waals surface area contributed by atoms with Crippen LogP contribution in [0.25, 0.3) is 0 Å². The van der Waals surface area contributed by atoms with Gasteiger partial charge in [-0.3, -0.25) is 14.4 Å². The average Bonchev–Trinajstić information content (AvgIpc) is 3.00. The topological polar surface area (TPSA) is 151 Å². The van der Waals surface area contributed by atoms with Crippen LogP contribution in [0.5, 0.6) is 5.75 Å². The second kappa shape index (κ2) is 15.4. The predicted molar refractivity (Wildman–Crippen MR) is 163 cm³/mol. The third-order valence-electron chi connectivity index (χ3n) is 6.39. The van der Waals surface area contributed by atoms with Gasteiger partial charge < -0.3 is 25.8 Å². The van der Waals surface area contributed by atoms with Crippen LogP contribution in [-0.4, -0.2) is 47.4 Å². The second-order valence-corrected chi connectivity index (χ2v) is 10.7. The molecule has 16 heteroatoms. The zero-order chi connectivity index (χ0) is 35.1. The van der Waals surface area contributed by atoms with Crippen molar-refractivity contribution < 1.29 is 51.4 Å². The number of carbonyl (C=O) groups is 5. The Balaban J connectivity index is 1.37. The molecule has 248 valence electrons. The Bertz CT molecular complexity index is 1880. The van der Waals surface area contributed by atoms with Crippen LogP contribution in [0.4, 0.5) is 17.6 Å². The maximum Gasteiger partial charge on any atom is 0.343 e. The Kier molecular flexibility index (Phi) is 11.4. The lowest BCUT2D eigenvalue weighted by molar-refractivity contribution is -0.139. The smallest absolute Gasteiger partial charge is 0.343 e. The molecule has 0 aromatic heterocycles. The zero-order valence-electron chi connectivity index (χ0n) is 24.1. The number of carbonyl (C=O) groups excluding carboxylic acids is 4. The van der Waals surface area contributed by atoms with E-state index >= 15 is 0 Å². The third-order valence-corrected chi connectivity index (χ3v) is 6.98. The van der Waals surface area contributed by atoms with E-state index in [1.807, 2.05) is 0 Å². The van der Waals surface area contributed by atoms with E-state index in [0.29, 0.717) is 17.7 Å². The second-order valence-electron chi connectivity index (χ2n) is 9.93. The summed E-state index contributed by atoms with van der Waals surface area (Å²) >= 11 is 12.4. The van der Waals surface area contributed by atoms with Gasteiger partial charge in [-0.2, -0.15) is 0 Å². The number of esters is 1. The number of rotatable bonds is 11. The van der Waals surface area contributed by atoms with Gasteiger partial charge >= 0.3 is 11.9 Å². The molecule has 0 heterocycles. The van der Waals surface area contributed by atoms with Gasteiger partial charge in [-0.25, -0.2) is 27.2 Å². The minimum Gasteiger partial charge on any atom is -0.480 e. The van der Waals surface area contributed by atoms with Crippen LogP contribution >= 0.6 is 23.2 Å². The minimum atomic E-state index is -1.72. The standard InChI is InChI=1S/C32H21Cl2F4N3O7/c33-24-9-17(29(43)39-13-15-2-1-3-23(4-15)48-32(47)18-7-21(37)12-22(38)8-18)10-25(34)27(24)30(44)41-26(31(45)46)14-40-28(42)16-5-19(35)11-20(36)6-16/h1-12,26H,13-14H2,(H,39,43)(H,40,42)(H,41,44)(H,45,46)/t26-/m0/s1. The fourth-order valence-corrected chi connectivity index (χ4v) is 4.83. The summed E-state index contributed by atoms with van der Waals surface area (Å²) < 4.78 is 58.9. The molecule has 0 aliphatic rings. The van der Waals surface area contributed by atoms with Crippen LogP contribution in [0.3, 0.4) is 0 Å². The SMILES string of the molecule is O=C(NCc1cccc(OC(=O)c2cc(F)cc(F)c2)c1)c1cc(Cl)c(C(=O)N[C@@H](CNC(=O)c2cc(F)cc(F)c2)C(=O)O)c(Cl)c1. The first kappa shape index (κ1) is 35.4. The van der Waals surface area contributed by atoms with Crippen LogP contribution in [-0.2, 0) is 11.3 Å². The molecule has 3 amide bonds. The maximum absolute atomic E-state index is 13.4. The fourth-order valence-electron chi connectivity index (χ4n) is 4.17. The summed E-state index contributed by atoms with van der Waals surface area (Å²) in [5.41, 5.74) is -0.769. The highest BCUT2D eigenvalue weighted by molar-refractivity contribution is 6.40. The number of ether oxygens (including phenoxy) is 1. The van der Waals surface area contributed by atoms with Crippen molar-refractivity contribution in [3.05, 3.63) is 134 Å². The van der Waals surface area contributed by atoms with E-state index in [9.17, 15) is 46.6 Å². The minimum absolute atomic E-state index is 0.0277. The molecule has 0 saturated carbocycles. The van der Waals surface area contributed by atoms with Gasteiger partial charge in [-0.05, 0) is 54.1 Å². The van der Waals surface area contributed by atoms with Gasteiger partial charge in [0.15, 0.2) is 0 Å². The van der Waals surface area contributed by atoms with E-state index in [1.165, 1.54) is 18.2 Å². The highest BCUT2D eigenvalue weighted by atomic mass is 35.5. The molecule has 4 N–H and O–H groups in total. The summed E-state index contributed by atoms with van der Waals surface area (Å²) in [4.78, 5) is 62.0. The quantitative estimate of drug-likeness (QED) is 0.0938. The highest BCUT2D eigenvalue weighted by Crippen LogP contribution is 2.27. The highest BCUT2D eigenvalue weighted by Gasteiger charge is 2.26. The van der Waals surface area contributed by atoms with Gasteiger partial charge in [0.25, 0.3) is 17.7 Å². The number of hydrogen-bond acceptors (Lipinski definition) is 6. The molecular weight excluding hydrogens is 685 g/mol. The zero-order valence-corrected chi connectivity index (χ0v) is 25.6. The van der Waals surface area contributed by atoms with Gasteiger partial charge in [-0.15, -0.1) is 0 Å². The predicted octanol–water partition coefficient (Wildman–Crippen LogP) is 5.31. The van der Waals surface area contributed by atoms with E-state index in [-0.39, 0.29) is 39.0 Å². The Morgan fingerprint density at radius 3 is 1.77 bits per heavy atom. The van der Waals surface area contributed by atoms with Crippen molar-refractivity contribution in [1.82, 2.24) is 16.0 Å². The molecule has 4 rings (SSSR count). The summed E-state index contributed by atoms with van der Waals surface area (Å²) in [6.45, 7) is -0.776. The molecule has 0 aliphatic carbocycles. The molecule has 0 fully saturated rings. The molecule has 4 aromatic carbocycles. The molecule has 1 atom stereocenters. The third kappa shape index (κ3) is 9.30. The maximum atomic E-state index is 13.4. The Labute approximate surface area is 278 Å². The number of carboxylic acids is 1. The summed E-state index contributed by atoms with van der Waals surface area (Å²) in [6.07, 6.45) is 0. The summed E-state index contributed by atoms with van der Waals surface area (Å²) in [7, 11) is 0. The van der Waals surface area contributed by atoms with Gasteiger partial charge in [-0.1, -0.05) is 35.3 Å². The first-order chi connectivity index (χ1) is 22.7. The molecule has 48 heavy (non-hydrogen) atoms. The van der Waals surface area contributed by atoms with Crippen molar-refractivity contribution in [3.63, 3.8) is 0 Å². The van der Waals surface area contributed by atoms with E-state index in [2.05, 4.69) is 16.0 Å². The molecule has 10 nitrogen and oxygen atoms in total. The van der Waals surface area contributed by atoms with Crippen molar-refractivity contribution in [2.24, 2.45) is 0 Å². The van der Waals surface area contributed by atoms with Crippen molar-refractivity contribution in [2.45, 2.75) is 12.6 Å². The van der Waals surface area contributed by atoms with Crippen molar-refractivity contribution in [3.8, 4) is 5.75 Å². The number of halogens is 6. The Morgan fingerprint density at radius 2 is 1.21 bits per heavy atom. The molecule has 4 aromatic rings. The van der Waals surface area contributed by atoms with Gasteiger partial charge in [0, 0.05) is 36.3 Å². The molecule has 0 saturated heterocycles. The summed E-state index contributed by atoms with van der Waals surface area (Å²) in [5, 5.41) is 15.7. The van der Waals surface area contributed by atoms with Crippen LogP contribution < -0.4 is 20.7 Å². The molecule has 0 aliphatic heterocycles. The number of benzene rings is 4. The number of carboxylic acid groups (broad SMARTS) is 1.